The van der Waals surface area contributed by atoms with Gasteiger partial charge in [0.1, 0.15) is 12.4 Å². The van der Waals surface area contributed by atoms with Crippen LogP contribution >= 0.6 is 0 Å². The number of nitrogens with one attached hydrogen (secondary N) is 1. The Morgan fingerprint density at radius 1 is 1.08 bits per heavy atom. The van der Waals surface area contributed by atoms with E-state index in [0.717, 1.165) is 24.5 Å². The van der Waals surface area contributed by atoms with Gasteiger partial charge in [-0.05, 0) is 30.5 Å². The molecule has 1 unspecified atom stereocenters. The largest absolute Gasteiger partial charge is 0.415 e. The van der Waals surface area contributed by atoms with E-state index in [0.29, 0.717) is 4.31 Å². The molecule has 36 heavy (non-hydrogen) atoms. The molecule has 1 fully saturated rings. The minimum absolute atomic E-state index is 0.0910. The van der Waals surface area contributed by atoms with Crippen LogP contribution in [0.4, 0.5) is 32.3 Å². The first-order chi connectivity index (χ1) is 16.9. The van der Waals surface area contributed by atoms with Crippen LogP contribution in [-0.4, -0.2) is 57.4 Å². The Hall–Kier alpha value is -3.27. The van der Waals surface area contributed by atoms with Gasteiger partial charge in [-0.1, -0.05) is 12.1 Å². The molecule has 1 saturated carbocycles. The molecule has 194 valence electrons. The number of sulfonamides is 1. The number of nitrogens with zero attached hydrogens (tertiary/aromatic N) is 5. The van der Waals surface area contributed by atoms with Gasteiger partial charge in [0.05, 0.1) is 16.9 Å². The van der Waals surface area contributed by atoms with Gasteiger partial charge in [0, 0.05) is 18.9 Å². The van der Waals surface area contributed by atoms with E-state index in [-0.39, 0.29) is 35.8 Å². The first kappa shape index (κ1) is 25.8. The van der Waals surface area contributed by atoms with Gasteiger partial charge >= 0.3 is 12.6 Å². The van der Waals surface area contributed by atoms with Gasteiger partial charge in [-0.3, -0.25) is 0 Å². The lowest BCUT2D eigenvalue weighted by atomic mass is 10.1. The molecule has 0 bridgehead atoms. The van der Waals surface area contributed by atoms with E-state index in [1.165, 1.54) is 12.1 Å². The van der Waals surface area contributed by atoms with Crippen molar-refractivity contribution >= 4 is 16.0 Å². The highest BCUT2D eigenvalue weighted by molar-refractivity contribution is 7.90. The Balaban J connectivity index is 1.60. The van der Waals surface area contributed by atoms with E-state index in [9.17, 15) is 34.8 Å². The van der Waals surface area contributed by atoms with Crippen molar-refractivity contribution in [3.05, 3.63) is 53.9 Å². The Morgan fingerprint density at radius 2 is 1.72 bits per heavy atom. The summed E-state index contributed by atoms with van der Waals surface area (Å²) in [6.45, 7) is -2.34. The zero-order chi connectivity index (χ0) is 26.1. The first-order valence-electron chi connectivity index (χ1n) is 10.4. The third kappa shape index (κ3) is 6.29. The molecule has 1 aromatic carbocycles. The predicted octanol–water partition coefficient (Wildman–Crippen LogP) is 4.11. The smallest absolute Gasteiger partial charge is 0.402 e. The lowest BCUT2D eigenvalue weighted by Crippen LogP contribution is -2.44. The van der Waals surface area contributed by atoms with E-state index >= 15 is 0 Å². The molecule has 3 aromatic rings. The quantitative estimate of drug-likeness (QED) is 0.385. The van der Waals surface area contributed by atoms with Crippen LogP contribution < -0.4 is 5.32 Å². The third-order valence-electron chi connectivity index (χ3n) is 5.15. The van der Waals surface area contributed by atoms with E-state index in [4.69, 9.17) is 4.42 Å². The summed E-state index contributed by atoms with van der Waals surface area (Å²) in [4.78, 5) is 7.96. The van der Waals surface area contributed by atoms with Crippen LogP contribution in [0.3, 0.4) is 0 Å². The monoisotopic (exact) mass is 536 g/mol. The summed E-state index contributed by atoms with van der Waals surface area (Å²) in [5.41, 5.74) is 0.369. The summed E-state index contributed by atoms with van der Waals surface area (Å²) in [6, 6.07) is 3.64. The average Bonchev–Trinajstić information content (AvgIpc) is 3.56. The van der Waals surface area contributed by atoms with Crippen molar-refractivity contribution in [3.8, 4) is 11.5 Å². The van der Waals surface area contributed by atoms with E-state index in [1.807, 2.05) is 0 Å². The van der Waals surface area contributed by atoms with Crippen LogP contribution in [0.2, 0.25) is 0 Å². The molecular formula is C20H18F6N6O3S. The van der Waals surface area contributed by atoms with Gasteiger partial charge in [0.15, 0.2) is 0 Å². The molecule has 4 rings (SSSR count). The fraction of sp³-hybridized carbons (Fsp3) is 0.400. The fourth-order valence-corrected chi connectivity index (χ4v) is 5.11. The Morgan fingerprint density at radius 3 is 2.25 bits per heavy atom. The van der Waals surface area contributed by atoms with Crippen molar-refractivity contribution < 1.29 is 39.2 Å². The summed E-state index contributed by atoms with van der Waals surface area (Å²) in [5, 5.41) is 8.52. The fourth-order valence-electron chi connectivity index (χ4n) is 3.28. The molecule has 1 N–H and O–H groups in total. The second-order valence-corrected chi connectivity index (χ2v) is 10.2. The van der Waals surface area contributed by atoms with Crippen LogP contribution in [-0.2, 0) is 10.0 Å². The van der Waals surface area contributed by atoms with Crippen molar-refractivity contribution in [3.63, 3.8) is 0 Å². The number of hydrogen-bond donors (Lipinski definition) is 1. The van der Waals surface area contributed by atoms with Crippen LogP contribution in [0.15, 0.2) is 41.1 Å². The number of rotatable bonds is 10. The van der Waals surface area contributed by atoms with Gasteiger partial charge in [-0.25, -0.2) is 22.8 Å². The highest BCUT2D eigenvalue weighted by atomic mass is 32.2. The Labute approximate surface area is 200 Å². The van der Waals surface area contributed by atoms with Crippen LogP contribution in [0.25, 0.3) is 11.5 Å². The summed E-state index contributed by atoms with van der Waals surface area (Å²) in [5.74, 6) is -1.90. The van der Waals surface area contributed by atoms with Crippen molar-refractivity contribution in [2.75, 3.05) is 18.4 Å². The summed E-state index contributed by atoms with van der Waals surface area (Å²) < 4.78 is 109. The van der Waals surface area contributed by atoms with Gasteiger partial charge < -0.3 is 9.73 Å². The molecule has 2 aromatic heterocycles. The van der Waals surface area contributed by atoms with Gasteiger partial charge in [-0.15, -0.1) is 10.2 Å². The van der Waals surface area contributed by atoms with Gasteiger partial charge in [-0.2, -0.15) is 26.3 Å². The number of hydrogen-bond acceptors (Lipinski definition) is 8. The summed E-state index contributed by atoms with van der Waals surface area (Å²) >= 11 is 0. The number of benzene rings is 1. The molecule has 0 amide bonds. The number of aromatic nitrogens is 4. The van der Waals surface area contributed by atoms with Gasteiger partial charge in [0.25, 0.3) is 11.8 Å². The molecule has 9 nitrogen and oxygen atoms in total. The molecule has 0 saturated heterocycles. The highest BCUT2D eigenvalue weighted by Crippen LogP contribution is 2.34. The maximum Gasteiger partial charge on any atom is 0.402 e. The van der Waals surface area contributed by atoms with Crippen molar-refractivity contribution in [1.82, 2.24) is 24.5 Å². The van der Waals surface area contributed by atoms with Crippen LogP contribution in [0.5, 0.6) is 0 Å². The normalized spacial score (nSPS) is 15.4. The molecule has 1 atom stereocenters. The molecule has 1 aliphatic rings. The van der Waals surface area contributed by atoms with Gasteiger partial charge in [0.2, 0.25) is 16.0 Å². The predicted molar refractivity (Wildman–Crippen MR) is 113 cm³/mol. The third-order valence-corrected chi connectivity index (χ3v) is 7.46. The molecule has 16 heteroatoms. The minimum atomic E-state index is -4.80. The molecule has 2 heterocycles. The van der Waals surface area contributed by atoms with E-state index < -0.39 is 58.7 Å². The number of halogens is 6. The zero-order valence-corrected chi connectivity index (χ0v) is 19.0. The Bertz CT molecular complexity index is 1280. The molecule has 0 spiro atoms. The first-order valence-corrected chi connectivity index (χ1v) is 11.9. The molecular weight excluding hydrogens is 518 g/mol. The van der Waals surface area contributed by atoms with Crippen molar-refractivity contribution in [1.29, 1.82) is 0 Å². The maximum atomic E-state index is 13.5. The summed E-state index contributed by atoms with van der Waals surface area (Å²) in [7, 11) is -4.24. The zero-order valence-electron chi connectivity index (χ0n) is 18.2. The number of alkyl halides is 5. The van der Waals surface area contributed by atoms with E-state index in [2.05, 4.69) is 25.5 Å². The SMILES string of the molecule is O=S(=O)(C1CC1)N(CC(Nc1ncc(-c2nnc(C(F)F)o2)cn1)c1ccc(F)cc1)CC(F)(F)F. The summed E-state index contributed by atoms with van der Waals surface area (Å²) in [6.07, 6.45) is -4.95. The van der Waals surface area contributed by atoms with Crippen LogP contribution in [0, 0.1) is 5.82 Å². The second-order valence-electron chi connectivity index (χ2n) is 7.94. The van der Waals surface area contributed by atoms with Crippen molar-refractivity contribution in [2.45, 2.75) is 36.7 Å². The lowest BCUT2D eigenvalue weighted by molar-refractivity contribution is -0.136. The second kappa shape index (κ2) is 10.0. The average molecular weight is 536 g/mol. The minimum Gasteiger partial charge on any atom is -0.415 e. The lowest BCUT2D eigenvalue weighted by Gasteiger charge is -2.28. The van der Waals surface area contributed by atoms with E-state index in [1.54, 1.807) is 0 Å². The van der Waals surface area contributed by atoms with Crippen molar-refractivity contribution in [2.24, 2.45) is 0 Å². The molecule has 0 aliphatic heterocycles. The van der Waals surface area contributed by atoms with Crippen LogP contribution in [0.1, 0.15) is 36.8 Å². The maximum absolute atomic E-state index is 13.5. The number of anilines is 1. The topological polar surface area (TPSA) is 114 Å². The molecule has 0 radical (unpaired) electrons. The standard InChI is InChI=1S/C20H18F6N6O3S/c21-13-3-1-11(2-4-13)15(9-32(10-20(24,25)26)36(33,34)14-5-6-14)29-19-27-7-12(8-28-19)17-30-31-18(35-17)16(22)23/h1-4,7-8,14-16H,5-6,9-10H2,(H,27,28,29). The highest BCUT2D eigenvalue weighted by Gasteiger charge is 2.45. The molecule has 1 aliphatic carbocycles. The Kier molecular flexibility index (Phi) is 7.17.